The third-order valence-corrected chi connectivity index (χ3v) is 4.09. The maximum atomic E-state index is 12.3. The Morgan fingerprint density at radius 3 is 2.40 bits per heavy atom. The van der Waals surface area contributed by atoms with E-state index in [9.17, 15) is 9.59 Å². The molecule has 0 aromatic heterocycles. The van der Waals surface area contributed by atoms with Crippen molar-refractivity contribution in [3.63, 3.8) is 0 Å². The third-order valence-electron chi connectivity index (χ3n) is 4.09. The second kappa shape index (κ2) is 8.09. The molecule has 1 aliphatic rings. The maximum absolute atomic E-state index is 12.3. The minimum atomic E-state index is -0.783. The van der Waals surface area contributed by atoms with Crippen molar-refractivity contribution in [1.82, 2.24) is 10.2 Å². The first kappa shape index (κ1) is 16.8. The molecule has 2 atom stereocenters. The van der Waals surface area contributed by atoms with Gasteiger partial charge in [0, 0.05) is 18.6 Å². The van der Waals surface area contributed by atoms with Crippen LogP contribution in [0.1, 0.15) is 46.0 Å². The zero-order valence-electron chi connectivity index (χ0n) is 12.3. The molecule has 0 heterocycles. The molecule has 0 spiro atoms. The van der Waals surface area contributed by atoms with Crippen LogP contribution in [0.4, 0.5) is 4.79 Å². The van der Waals surface area contributed by atoms with E-state index in [-0.39, 0.29) is 30.6 Å². The van der Waals surface area contributed by atoms with Crippen LogP contribution < -0.4 is 5.32 Å². The predicted octanol–water partition coefficient (Wildman–Crippen LogP) is 1.43. The second-order valence-electron chi connectivity index (χ2n) is 5.38. The lowest BCUT2D eigenvalue weighted by Crippen LogP contribution is -2.49. The number of carboxylic acids is 1. The second-order valence-corrected chi connectivity index (χ2v) is 5.38. The van der Waals surface area contributed by atoms with Gasteiger partial charge in [-0.1, -0.05) is 13.8 Å². The van der Waals surface area contributed by atoms with Gasteiger partial charge >= 0.3 is 12.0 Å². The molecule has 1 saturated carbocycles. The molecular formula is C14H26N2O4. The quantitative estimate of drug-likeness (QED) is 0.660. The fraction of sp³-hybridized carbons (Fsp3) is 0.857. The summed E-state index contributed by atoms with van der Waals surface area (Å²) >= 11 is 0. The number of nitrogens with one attached hydrogen (secondary N) is 1. The van der Waals surface area contributed by atoms with E-state index in [0.717, 1.165) is 12.8 Å². The maximum Gasteiger partial charge on any atom is 0.317 e. The summed E-state index contributed by atoms with van der Waals surface area (Å²) in [5.41, 5.74) is 0. The summed E-state index contributed by atoms with van der Waals surface area (Å²) in [6.45, 7) is 4.28. The summed E-state index contributed by atoms with van der Waals surface area (Å²) < 4.78 is 0. The van der Waals surface area contributed by atoms with Gasteiger partial charge in [-0.3, -0.25) is 4.79 Å². The van der Waals surface area contributed by atoms with E-state index in [1.165, 1.54) is 0 Å². The summed E-state index contributed by atoms with van der Waals surface area (Å²) in [6.07, 6.45) is 3.50. The van der Waals surface area contributed by atoms with Crippen LogP contribution in [0.15, 0.2) is 0 Å². The lowest BCUT2D eigenvalue weighted by Gasteiger charge is -2.31. The van der Waals surface area contributed by atoms with Crippen LogP contribution in [0.3, 0.4) is 0 Å². The highest BCUT2D eigenvalue weighted by molar-refractivity contribution is 5.75. The third kappa shape index (κ3) is 4.37. The fourth-order valence-electron chi connectivity index (χ4n) is 2.88. The van der Waals surface area contributed by atoms with Gasteiger partial charge in [0.05, 0.1) is 12.5 Å². The fourth-order valence-corrected chi connectivity index (χ4v) is 2.88. The highest BCUT2D eigenvalue weighted by Gasteiger charge is 2.32. The number of carbonyl (C=O) groups excluding carboxylic acids is 1. The molecule has 2 amide bonds. The Labute approximate surface area is 120 Å². The van der Waals surface area contributed by atoms with Gasteiger partial charge in [-0.25, -0.2) is 4.79 Å². The van der Waals surface area contributed by atoms with Gasteiger partial charge < -0.3 is 20.4 Å². The molecule has 1 aliphatic carbocycles. The zero-order chi connectivity index (χ0) is 15.1. The number of rotatable bonds is 7. The van der Waals surface area contributed by atoms with Crippen molar-refractivity contribution < 1.29 is 19.8 Å². The molecule has 0 saturated heterocycles. The molecule has 0 aromatic rings. The number of carboxylic acid groups (broad SMARTS) is 1. The summed E-state index contributed by atoms with van der Waals surface area (Å²) in [5, 5.41) is 21.0. The Morgan fingerprint density at radius 1 is 1.30 bits per heavy atom. The topological polar surface area (TPSA) is 89.9 Å². The van der Waals surface area contributed by atoms with E-state index in [1.807, 2.05) is 13.8 Å². The van der Waals surface area contributed by atoms with Gasteiger partial charge in [0.2, 0.25) is 0 Å². The Morgan fingerprint density at radius 2 is 1.95 bits per heavy atom. The molecule has 6 nitrogen and oxygen atoms in total. The van der Waals surface area contributed by atoms with Crippen LogP contribution in [-0.4, -0.2) is 52.3 Å². The monoisotopic (exact) mass is 286 g/mol. The van der Waals surface area contributed by atoms with E-state index < -0.39 is 5.97 Å². The first-order chi connectivity index (χ1) is 9.53. The van der Waals surface area contributed by atoms with Crippen molar-refractivity contribution >= 4 is 12.0 Å². The molecule has 1 fully saturated rings. The van der Waals surface area contributed by atoms with Gasteiger partial charge in [-0.2, -0.15) is 0 Å². The molecule has 0 bridgehead atoms. The van der Waals surface area contributed by atoms with Gasteiger partial charge in [-0.05, 0) is 32.1 Å². The zero-order valence-corrected chi connectivity index (χ0v) is 12.3. The molecule has 0 aromatic carbocycles. The largest absolute Gasteiger partial charge is 0.481 e. The van der Waals surface area contributed by atoms with Crippen LogP contribution in [0.25, 0.3) is 0 Å². The predicted molar refractivity (Wildman–Crippen MR) is 75.5 cm³/mol. The molecule has 0 aliphatic heterocycles. The number of amides is 2. The number of hydrogen-bond donors (Lipinski definition) is 3. The number of aliphatic carboxylic acids is 1. The van der Waals surface area contributed by atoms with Crippen LogP contribution in [0, 0.1) is 5.92 Å². The first-order valence-electron chi connectivity index (χ1n) is 7.44. The molecule has 0 radical (unpaired) electrons. The minimum Gasteiger partial charge on any atom is -0.481 e. The number of urea groups is 1. The Hall–Kier alpha value is -1.30. The van der Waals surface area contributed by atoms with Crippen LogP contribution >= 0.6 is 0 Å². The first-order valence-corrected chi connectivity index (χ1v) is 7.44. The highest BCUT2D eigenvalue weighted by atomic mass is 16.4. The van der Waals surface area contributed by atoms with Gasteiger partial charge in [0.1, 0.15) is 0 Å². The Balaban J connectivity index is 2.56. The van der Waals surface area contributed by atoms with Crippen molar-refractivity contribution in [2.45, 2.75) is 58.0 Å². The normalized spacial score (nSPS) is 22.0. The van der Waals surface area contributed by atoms with Crippen molar-refractivity contribution in [1.29, 1.82) is 0 Å². The van der Waals surface area contributed by atoms with E-state index in [2.05, 4.69) is 5.32 Å². The van der Waals surface area contributed by atoms with E-state index >= 15 is 0 Å². The molecular weight excluding hydrogens is 260 g/mol. The smallest absolute Gasteiger partial charge is 0.317 e. The average Bonchev–Trinajstić information content (AvgIpc) is 2.87. The van der Waals surface area contributed by atoms with Crippen molar-refractivity contribution in [3.05, 3.63) is 0 Å². The summed E-state index contributed by atoms with van der Waals surface area (Å²) in [4.78, 5) is 24.9. The molecule has 20 heavy (non-hydrogen) atoms. The van der Waals surface area contributed by atoms with Crippen LogP contribution in [0.2, 0.25) is 0 Å². The minimum absolute atomic E-state index is 0.0632. The Bertz CT molecular complexity index is 331. The highest BCUT2D eigenvalue weighted by Crippen LogP contribution is 2.26. The standard InChI is InChI=1S/C14H26N2O4/c1-3-12(4-2)16(7-8-17)14(20)15-11-6-5-10(9-11)13(18)19/h10-12,17H,3-9H2,1-2H3,(H,15,20)(H,18,19). The van der Waals surface area contributed by atoms with Crippen LogP contribution in [-0.2, 0) is 4.79 Å². The number of nitrogens with zero attached hydrogens (tertiary/aromatic N) is 1. The van der Waals surface area contributed by atoms with Gasteiger partial charge in [0.15, 0.2) is 0 Å². The Kier molecular flexibility index (Phi) is 6.78. The molecule has 6 heteroatoms. The molecule has 116 valence electrons. The van der Waals surface area contributed by atoms with Crippen molar-refractivity contribution in [2.24, 2.45) is 5.92 Å². The number of hydrogen-bond acceptors (Lipinski definition) is 3. The van der Waals surface area contributed by atoms with E-state index in [4.69, 9.17) is 10.2 Å². The summed E-state index contributed by atoms with van der Waals surface area (Å²) in [5.74, 6) is -1.13. The lowest BCUT2D eigenvalue weighted by molar-refractivity contribution is -0.141. The summed E-state index contributed by atoms with van der Waals surface area (Å²) in [7, 11) is 0. The van der Waals surface area contributed by atoms with E-state index in [1.54, 1.807) is 4.90 Å². The molecule has 1 rings (SSSR count). The molecule has 3 N–H and O–H groups in total. The average molecular weight is 286 g/mol. The van der Waals surface area contributed by atoms with Crippen molar-refractivity contribution in [2.75, 3.05) is 13.2 Å². The van der Waals surface area contributed by atoms with Crippen LogP contribution in [0.5, 0.6) is 0 Å². The lowest BCUT2D eigenvalue weighted by atomic mass is 10.1. The molecule has 2 unspecified atom stereocenters. The number of aliphatic hydroxyl groups excluding tert-OH is 1. The summed E-state index contributed by atoms with van der Waals surface area (Å²) in [6, 6.07) is -0.151. The van der Waals surface area contributed by atoms with E-state index in [0.29, 0.717) is 25.8 Å². The number of carbonyl (C=O) groups is 2. The number of aliphatic hydroxyl groups is 1. The van der Waals surface area contributed by atoms with Crippen molar-refractivity contribution in [3.8, 4) is 0 Å². The van der Waals surface area contributed by atoms with Gasteiger partial charge in [0.25, 0.3) is 0 Å². The SMILES string of the molecule is CCC(CC)N(CCO)C(=O)NC1CCC(C(=O)O)C1. The van der Waals surface area contributed by atoms with Gasteiger partial charge in [-0.15, -0.1) is 0 Å².